The molecular weight excluding hydrogens is 198 g/mol. The van der Waals surface area contributed by atoms with Crippen LogP contribution in [0.5, 0.6) is 0 Å². The van der Waals surface area contributed by atoms with Gasteiger partial charge in [0.2, 0.25) is 0 Å². The van der Waals surface area contributed by atoms with E-state index in [-0.39, 0.29) is 5.41 Å². The Morgan fingerprint density at radius 2 is 2.38 bits per heavy atom. The minimum atomic E-state index is -0.0372. The molecule has 1 fully saturated rings. The van der Waals surface area contributed by atoms with Crippen LogP contribution in [0, 0.1) is 16.7 Å². The van der Waals surface area contributed by atoms with Gasteiger partial charge in [0, 0.05) is 31.4 Å². The normalized spacial score (nSPS) is 18.1. The standard InChI is InChI=1S/C13H19N3/c1-16(9-5-12-4-2-8-15-12)11-13(10-14)6-3-7-13/h2,4,8,15H,3,5-7,9,11H2,1H3. The van der Waals surface area contributed by atoms with Crippen molar-refractivity contribution in [2.24, 2.45) is 5.41 Å². The Kier molecular flexibility index (Phi) is 3.31. The van der Waals surface area contributed by atoms with E-state index < -0.39 is 0 Å². The van der Waals surface area contributed by atoms with E-state index in [1.807, 2.05) is 12.3 Å². The fourth-order valence-corrected chi connectivity index (χ4v) is 2.34. The SMILES string of the molecule is CN(CCc1ccc[nH]1)CC1(C#N)CCC1. The van der Waals surface area contributed by atoms with Gasteiger partial charge in [-0.25, -0.2) is 0 Å². The van der Waals surface area contributed by atoms with Gasteiger partial charge in [-0.05, 0) is 32.0 Å². The maximum absolute atomic E-state index is 9.15. The lowest BCUT2D eigenvalue weighted by Crippen LogP contribution is -2.40. The molecule has 3 heteroatoms. The van der Waals surface area contributed by atoms with E-state index in [1.165, 1.54) is 12.1 Å². The number of aromatic amines is 1. The molecule has 1 aromatic rings. The quantitative estimate of drug-likeness (QED) is 0.821. The minimum absolute atomic E-state index is 0.0372. The molecule has 2 rings (SSSR count). The predicted molar refractivity (Wildman–Crippen MR) is 63.9 cm³/mol. The topological polar surface area (TPSA) is 42.8 Å². The van der Waals surface area contributed by atoms with Crippen LogP contribution in [0.25, 0.3) is 0 Å². The summed E-state index contributed by atoms with van der Waals surface area (Å²) >= 11 is 0. The Morgan fingerprint density at radius 3 is 2.88 bits per heavy atom. The second-order valence-electron chi connectivity index (χ2n) is 4.93. The maximum Gasteiger partial charge on any atom is 0.0703 e. The molecule has 1 aromatic heterocycles. The lowest BCUT2D eigenvalue weighted by Gasteiger charge is -2.38. The summed E-state index contributed by atoms with van der Waals surface area (Å²) in [5, 5.41) is 9.15. The van der Waals surface area contributed by atoms with Gasteiger partial charge in [-0.2, -0.15) is 5.26 Å². The third-order valence-electron chi connectivity index (χ3n) is 3.55. The van der Waals surface area contributed by atoms with E-state index in [4.69, 9.17) is 5.26 Å². The molecule has 0 aromatic carbocycles. The van der Waals surface area contributed by atoms with Crippen molar-refractivity contribution in [3.63, 3.8) is 0 Å². The number of hydrogen-bond donors (Lipinski definition) is 1. The number of H-pyrrole nitrogens is 1. The number of aromatic nitrogens is 1. The summed E-state index contributed by atoms with van der Waals surface area (Å²) in [5.74, 6) is 0. The second-order valence-corrected chi connectivity index (χ2v) is 4.93. The Bertz CT molecular complexity index is 357. The second kappa shape index (κ2) is 4.71. The van der Waals surface area contributed by atoms with Crippen LogP contribution in [-0.4, -0.2) is 30.0 Å². The number of nitriles is 1. The summed E-state index contributed by atoms with van der Waals surface area (Å²) < 4.78 is 0. The molecular formula is C13H19N3. The van der Waals surface area contributed by atoms with Gasteiger partial charge >= 0.3 is 0 Å². The summed E-state index contributed by atoms with van der Waals surface area (Å²) in [6, 6.07) is 6.62. The molecule has 0 radical (unpaired) electrons. The minimum Gasteiger partial charge on any atom is -0.365 e. The molecule has 16 heavy (non-hydrogen) atoms. The Balaban J connectivity index is 1.76. The van der Waals surface area contributed by atoms with Gasteiger partial charge in [-0.1, -0.05) is 6.42 Å². The Hall–Kier alpha value is -1.27. The Labute approximate surface area is 97.1 Å². The van der Waals surface area contributed by atoms with Crippen molar-refractivity contribution in [3.05, 3.63) is 24.0 Å². The van der Waals surface area contributed by atoms with Crippen LogP contribution in [-0.2, 0) is 6.42 Å². The van der Waals surface area contributed by atoms with Crippen molar-refractivity contribution >= 4 is 0 Å². The van der Waals surface area contributed by atoms with Crippen LogP contribution in [0.3, 0.4) is 0 Å². The monoisotopic (exact) mass is 217 g/mol. The van der Waals surface area contributed by atoms with Crippen LogP contribution >= 0.6 is 0 Å². The highest BCUT2D eigenvalue weighted by atomic mass is 15.1. The fourth-order valence-electron chi connectivity index (χ4n) is 2.34. The number of hydrogen-bond acceptors (Lipinski definition) is 2. The number of rotatable bonds is 5. The first kappa shape index (κ1) is 11.2. The first-order valence-electron chi connectivity index (χ1n) is 5.96. The van der Waals surface area contributed by atoms with Gasteiger partial charge in [0.15, 0.2) is 0 Å². The van der Waals surface area contributed by atoms with E-state index in [2.05, 4.69) is 29.1 Å². The lowest BCUT2D eigenvalue weighted by molar-refractivity contribution is 0.139. The highest BCUT2D eigenvalue weighted by Crippen LogP contribution is 2.40. The molecule has 1 N–H and O–H groups in total. The molecule has 86 valence electrons. The number of likely N-dealkylation sites (N-methyl/N-ethyl adjacent to an activating group) is 1. The van der Waals surface area contributed by atoms with E-state index in [0.29, 0.717) is 0 Å². The molecule has 1 aliphatic rings. The van der Waals surface area contributed by atoms with Crippen LogP contribution in [0.4, 0.5) is 0 Å². The highest BCUT2D eigenvalue weighted by Gasteiger charge is 2.37. The van der Waals surface area contributed by atoms with E-state index in [9.17, 15) is 0 Å². The predicted octanol–water partition coefficient (Wildman–Crippen LogP) is 2.18. The van der Waals surface area contributed by atoms with Crippen LogP contribution in [0.2, 0.25) is 0 Å². The molecule has 0 bridgehead atoms. The van der Waals surface area contributed by atoms with Gasteiger partial charge in [0.25, 0.3) is 0 Å². The van der Waals surface area contributed by atoms with Crippen molar-refractivity contribution < 1.29 is 0 Å². The third-order valence-corrected chi connectivity index (χ3v) is 3.55. The average molecular weight is 217 g/mol. The van der Waals surface area contributed by atoms with Gasteiger partial charge in [0.05, 0.1) is 11.5 Å². The van der Waals surface area contributed by atoms with Gasteiger partial charge < -0.3 is 9.88 Å². The first-order chi connectivity index (χ1) is 7.74. The van der Waals surface area contributed by atoms with Gasteiger partial charge in [-0.3, -0.25) is 0 Å². The number of nitrogens with zero attached hydrogens (tertiary/aromatic N) is 2. The molecule has 3 nitrogen and oxygen atoms in total. The zero-order chi connectivity index (χ0) is 11.4. The van der Waals surface area contributed by atoms with Crippen LogP contribution in [0.1, 0.15) is 25.0 Å². The van der Waals surface area contributed by atoms with Crippen molar-refractivity contribution in [1.29, 1.82) is 5.26 Å². The molecule has 0 spiro atoms. The van der Waals surface area contributed by atoms with E-state index in [1.54, 1.807) is 0 Å². The van der Waals surface area contributed by atoms with Crippen LogP contribution in [0.15, 0.2) is 18.3 Å². The van der Waals surface area contributed by atoms with Gasteiger partial charge in [0.1, 0.15) is 0 Å². The van der Waals surface area contributed by atoms with E-state index >= 15 is 0 Å². The summed E-state index contributed by atoms with van der Waals surface area (Å²) in [6.07, 6.45) is 6.37. The summed E-state index contributed by atoms with van der Waals surface area (Å²) in [4.78, 5) is 5.49. The molecule has 0 amide bonds. The first-order valence-corrected chi connectivity index (χ1v) is 5.96. The lowest BCUT2D eigenvalue weighted by atomic mass is 9.69. The number of nitrogens with one attached hydrogen (secondary N) is 1. The largest absolute Gasteiger partial charge is 0.365 e. The Morgan fingerprint density at radius 1 is 1.56 bits per heavy atom. The van der Waals surface area contributed by atoms with Crippen molar-refractivity contribution in [1.82, 2.24) is 9.88 Å². The highest BCUT2D eigenvalue weighted by molar-refractivity contribution is 5.07. The maximum atomic E-state index is 9.15. The molecule has 0 aliphatic heterocycles. The molecule has 1 heterocycles. The molecule has 0 saturated heterocycles. The van der Waals surface area contributed by atoms with Crippen LogP contribution < -0.4 is 0 Å². The van der Waals surface area contributed by atoms with Crippen molar-refractivity contribution in [2.75, 3.05) is 20.1 Å². The third kappa shape index (κ3) is 2.45. The smallest absolute Gasteiger partial charge is 0.0703 e. The molecule has 1 saturated carbocycles. The van der Waals surface area contributed by atoms with Crippen molar-refractivity contribution in [2.45, 2.75) is 25.7 Å². The average Bonchev–Trinajstić information content (AvgIpc) is 2.73. The zero-order valence-electron chi connectivity index (χ0n) is 9.87. The molecule has 0 atom stereocenters. The summed E-state index contributed by atoms with van der Waals surface area (Å²) in [7, 11) is 2.11. The summed E-state index contributed by atoms with van der Waals surface area (Å²) in [6.45, 7) is 1.94. The summed E-state index contributed by atoms with van der Waals surface area (Å²) in [5.41, 5.74) is 1.23. The van der Waals surface area contributed by atoms with Gasteiger partial charge in [-0.15, -0.1) is 0 Å². The van der Waals surface area contributed by atoms with Crippen molar-refractivity contribution in [3.8, 4) is 6.07 Å². The fraction of sp³-hybridized carbons (Fsp3) is 0.615. The van der Waals surface area contributed by atoms with E-state index in [0.717, 1.165) is 32.4 Å². The zero-order valence-corrected chi connectivity index (χ0v) is 9.87. The molecule has 1 aliphatic carbocycles. The molecule has 0 unspecified atom stereocenters.